The summed E-state index contributed by atoms with van der Waals surface area (Å²) in [7, 11) is 0. The Hall–Kier alpha value is -2.11. The van der Waals surface area contributed by atoms with Crippen LogP contribution in [0.15, 0.2) is 18.2 Å². The smallest absolute Gasteiger partial charge is 0.407 e. The highest BCUT2D eigenvalue weighted by Gasteiger charge is 2.30. The van der Waals surface area contributed by atoms with Gasteiger partial charge in [-0.3, -0.25) is 9.69 Å². The largest absolute Gasteiger partial charge is 0.465 e. The number of carboxylic acid groups (broad SMARTS) is 1. The molecule has 2 fully saturated rings. The molecular formula is C15H17FN2O3. The van der Waals surface area contributed by atoms with Crippen LogP contribution in [0, 0.1) is 5.82 Å². The van der Waals surface area contributed by atoms with Crippen LogP contribution in [0.25, 0.3) is 0 Å². The highest BCUT2D eigenvalue weighted by Crippen LogP contribution is 2.42. The predicted octanol–water partition coefficient (Wildman–Crippen LogP) is 2.03. The Kier molecular flexibility index (Phi) is 3.53. The summed E-state index contributed by atoms with van der Waals surface area (Å²) in [4.78, 5) is 25.7. The van der Waals surface area contributed by atoms with Gasteiger partial charge in [-0.15, -0.1) is 0 Å². The molecule has 5 nitrogen and oxygen atoms in total. The van der Waals surface area contributed by atoms with Crippen LogP contribution in [-0.4, -0.2) is 46.5 Å². The molecule has 2 aliphatic rings. The molecule has 0 unspecified atom stereocenters. The van der Waals surface area contributed by atoms with E-state index in [4.69, 9.17) is 5.11 Å². The van der Waals surface area contributed by atoms with Crippen LogP contribution in [0.3, 0.4) is 0 Å². The highest BCUT2D eigenvalue weighted by molar-refractivity contribution is 5.83. The van der Waals surface area contributed by atoms with Gasteiger partial charge in [-0.1, -0.05) is 6.07 Å². The molecule has 1 aliphatic heterocycles. The zero-order chi connectivity index (χ0) is 15.0. The zero-order valence-corrected chi connectivity index (χ0v) is 11.6. The summed E-state index contributed by atoms with van der Waals surface area (Å²) < 4.78 is 13.4. The van der Waals surface area contributed by atoms with Gasteiger partial charge in [0.05, 0.1) is 0 Å². The maximum Gasteiger partial charge on any atom is 0.407 e. The van der Waals surface area contributed by atoms with E-state index in [1.54, 1.807) is 17.0 Å². The van der Waals surface area contributed by atoms with Crippen LogP contribution in [0.5, 0.6) is 0 Å². The summed E-state index contributed by atoms with van der Waals surface area (Å²) in [6.45, 7) is 1.03. The van der Waals surface area contributed by atoms with Gasteiger partial charge in [0.25, 0.3) is 0 Å². The van der Waals surface area contributed by atoms with Gasteiger partial charge >= 0.3 is 6.09 Å². The van der Waals surface area contributed by atoms with E-state index < -0.39 is 6.09 Å². The monoisotopic (exact) mass is 292 g/mol. The average Bonchev–Trinajstić information content (AvgIpc) is 3.27. The summed E-state index contributed by atoms with van der Waals surface area (Å²) in [5.41, 5.74) is 1.96. The fourth-order valence-electron chi connectivity index (χ4n) is 2.73. The summed E-state index contributed by atoms with van der Waals surface area (Å²) in [6.07, 6.45) is 1.07. The van der Waals surface area contributed by atoms with E-state index in [0.29, 0.717) is 25.6 Å². The van der Waals surface area contributed by atoms with Gasteiger partial charge < -0.3 is 10.0 Å². The lowest BCUT2D eigenvalue weighted by molar-refractivity contribution is -0.135. The van der Waals surface area contributed by atoms with Crippen LogP contribution < -0.4 is 0 Å². The van der Waals surface area contributed by atoms with Gasteiger partial charge in [-0.05, 0) is 42.0 Å². The minimum absolute atomic E-state index is 0.102. The Labute approximate surface area is 122 Å². The summed E-state index contributed by atoms with van der Waals surface area (Å²) >= 11 is 0. The molecule has 1 aromatic carbocycles. The van der Waals surface area contributed by atoms with Crippen molar-refractivity contribution in [2.75, 3.05) is 19.6 Å². The third kappa shape index (κ3) is 2.99. The maximum absolute atomic E-state index is 13.4. The van der Waals surface area contributed by atoms with Crippen LogP contribution >= 0.6 is 0 Å². The van der Waals surface area contributed by atoms with E-state index in [1.165, 1.54) is 6.07 Å². The van der Waals surface area contributed by atoms with Gasteiger partial charge in [-0.25, -0.2) is 9.18 Å². The van der Waals surface area contributed by atoms with Crippen molar-refractivity contribution in [3.63, 3.8) is 0 Å². The third-order valence-electron chi connectivity index (χ3n) is 4.08. The molecule has 0 radical (unpaired) electrons. The molecular weight excluding hydrogens is 275 g/mol. The van der Waals surface area contributed by atoms with Crippen LogP contribution in [0.1, 0.15) is 29.9 Å². The van der Waals surface area contributed by atoms with E-state index in [2.05, 4.69) is 0 Å². The van der Waals surface area contributed by atoms with Gasteiger partial charge in [0.15, 0.2) is 0 Å². The molecule has 112 valence electrons. The number of nitrogens with zero attached hydrogens (tertiary/aromatic N) is 2. The molecule has 1 heterocycles. The Bertz CT molecular complexity index is 586. The van der Waals surface area contributed by atoms with Gasteiger partial charge in [0.2, 0.25) is 5.91 Å². The quantitative estimate of drug-likeness (QED) is 0.927. The fourth-order valence-corrected chi connectivity index (χ4v) is 2.73. The van der Waals surface area contributed by atoms with E-state index in [9.17, 15) is 14.0 Å². The van der Waals surface area contributed by atoms with Crippen molar-refractivity contribution >= 4 is 12.0 Å². The zero-order valence-electron chi connectivity index (χ0n) is 11.6. The summed E-state index contributed by atoms with van der Waals surface area (Å²) in [6, 6.07) is 4.71. The van der Waals surface area contributed by atoms with Crippen molar-refractivity contribution in [3.8, 4) is 0 Å². The first-order valence-corrected chi connectivity index (χ1v) is 7.08. The molecule has 0 aromatic heterocycles. The molecule has 0 bridgehead atoms. The van der Waals surface area contributed by atoms with E-state index >= 15 is 0 Å². The number of amides is 2. The summed E-state index contributed by atoms with van der Waals surface area (Å²) in [5.74, 6) is -0.0384. The van der Waals surface area contributed by atoms with Crippen molar-refractivity contribution < 1.29 is 19.1 Å². The van der Waals surface area contributed by atoms with Crippen molar-refractivity contribution in [1.29, 1.82) is 0 Å². The number of rotatable bonds is 3. The first-order chi connectivity index (χ1) is 10.0. The van der Waals surface area contributed by atoms with Crippen LogP contribution in [0.4, 0.5) is 9.18 Å². The lowest BCUT2D eigenvalue weighted by Crippen LogP contribution is -2.51. The minimum atomic E-state index is -1.07. The van der Waals surface area contributed by atoms with Crippen LogP contribution in [0.2, 0.25) is 0 Å². The third-order valence-corrected chi connectivity index (χ3v) is 4.08. The lowest BCUT2D eigenvalue weighted by Gasteiger charge is -2.33. The number of halogens is 1. The predicted molar refractivity (Wildman–Crippen MR) is 73.4 cm³/mol. The molecule has 2 amide bonds. The van der Waals surface area contributed by atoms with Gasteiger partial charge in [0, 0.05) is 19.6 Å². The molecule has 1 N–H and O–H groups in total. The number of hydrogen-bond donors (Lipinski definition) is 1. The lowest BCUT2D eigenvalue weighted by atomic mass is 10.0. The van der Waals surface area contributed by atoms with Crippen molar-refractivity contribution in [2.24, 2.45) is 0 Å². The molecule has 0 spiro atoms. The fraction of sp³-hybridized carbons (Fsp3) is 0.467. The standard InChI is InChI=1S/C15H17FN2O3/c16-12-4-3-11(13(7-12)10-1-2-10)8-17-5-6-18(15(20)21)9-14(17)19/h3-4,7,10H,1-2,5-6,8-9H2,(H,20,21). The second-order valence-electron chi connectivity index (χ2n) is 5.64. The Morgan fingerprint density at radius 1 is 1.33 bits per heavy atom. The Morgan fingerprint density at radius 3 is 2.71 bits per heavy atom. The average molecular weight is 292 g/mol. The van der Waals surface area contributed by atoms with Gasteiger partial charge in [-0.2, -0.15) is 0 Å². The van der Waals surface area contributed by atoms with Crippen molar-refractivity contribution in [2.45, 2.75) is 25.3 Å². The number of carbonyl (C=O) groups excluding carboxylic acids is 1. The first-order valence-electron chi connectivity index (χ1n) is 7.08. The topological polar surface area (TPSA) is 60.9 Å². The number of hydrogen-bond acceptors (Lipinski definition) is 2. The van der Waals surface area contributed by atoms with Gasteiger partial charge in [0.1, 0.15) is 12.4 Å². The molecule has 21 heavy (non-hydrogen) atoms. The van der Waals surface area contributed by atoms with E-state index in [-0.39, 0.29) is 18.3 Å². The SMILES string of the molecule is O=C(O)N1CCN(Cc2ccc(F)cc2C2CC2)C(=O)C1. The molecule has 1 aliphatic carbocycles. The molecule has 0 atom stereocenters. The minimum Gasteiger partial charge on any atom is -0.465 e. The van der Waals surface area contributed by atoms with Crippen molar-refractivity contribution in [1.82, 2.24) is 9.80 Å². The van der Waals surface area contributed by atoms with Crippen molar-refractivity contribution in [3.05, 3.63) is 35.1 Å². The molecule has 1 aromatic rings. The maximum atomic E-state index is 13.4. The molecule has 1 saturated carbocycles. The van der Waals surface area contributed by atoms with Crippen LogP contribution in [-0.2, 0) is 11.3 Å². The number of piperazine rings is 1. The summed E-state index contributed by atoms with van der Waals surface area (Å²) in [5, 5.41) is 8.90. The molecule has 6 heteroatoms. The Morgan fingerprint density at radius 2 is 2.10 bits per heavy atom. The Balaban J connectivity index is 1.72. The molecule has 3 rings (SSSR count). The second-order valence-corrected chi connectivity index (χ2v) is 5.64. The second kappa shape index (κ2) is 5.35. The number of benzene rings is 1. The highest BCUT2D eigenvalue weighted by atomic mass is 19.1. The first kappa shape index (κ1) is 13.9. The number of carbonyl (C=O) groups is 2. The van der Waals surface area contributed by atoms with E-state index in [1.807, 2.05) is 0 Å². The van der Waals surface area contributed by atoms with E-state index in [0.717, 1.165) is 28.9 Å². The molecule has 1 saturated heterocycles. The normalized spacial score (nSPS) is 19.0.